The molecule has 15 nitrogen and oxygen atoms in total. The fourth-order valence-corrected chi connectivity index (χ4v) is 13.0. The predicted molar refractivity (Wildman–Crippen MR) is 263 cm³/mol. The van der Waals surface area contributed by atoms with Crippen LogP contribution >= 0.6 is 0 Å². The average Bonchev–Trinajstić information content (AvgIpc) is 3.95. The number of anilines is 4. The Hall–Kier alpha value is -5.74. The highest BCUT2D eigenvalue weighted by Crippen LogP contribution is 2.55. The number of hydrogen-bond donors (Lipinski definition) is 3. The quantitative estimate of drug-likeness (QED) is 0.0798. The third kappa shape index (κ3) is 8.78. The molecule has 1 amide bonds. The lowest BCUT2D eigenvalue weighted by atomic mass is 9.59. The number of nitro groups is 1. The number of ether oxygens (including phenoxy) is 1. The van der Waals surface area contributed by atoms with E-state index in [9.17, 15) is 23.3 Å². The molecule has 2 aromatic carbocycles. The first-order valence-electron chi connectivity index (χ1n) is 24.9. The van der Waals surface area contributed by atoms with E-state index < -0.39 is 31.4 Å². The molecule has 6 aliphatic rings. The molecular weight excluding hydrogens is 879 g/mol. The summed E-state index contributed by atoms with van der Waals surface area (Å²) < 4.78 is 36.4. The van der Waals surface area contributed by atoms with Crippen LogP contribution in [0.5, 0.6) is 5.88 Å². The van der Waals surface area contributed by atoms with E-state index in [4.69, 9.17) is 9.72 Å². The number of H-pyrrole nitrogens is 1. The van der Waals surface area contributed by atoms with Crippen molar-refractivity contribution in [1.29, 1.82) is 0 Å². The minimum atomic E-state index is -4.61. The summed E-state index contributed by atoms with van der Waals surface area (Å²) in [6.07, 6.45) is 17.4. The van der Waals surface area contributed by atoms with Crippen molar-refractivity contribution >= 4 is 55.5 Å². The van der Waals surface area contributed by atoms with Gasteiger partial charge in [-0.1, -0.05) is 38.1 Å². The van der Waals surface area contributed by atoms with E-state index >= 15 is 0 Å². The van der Waals surface area contributed by atoms with Crippen LogP contribution in [-0.2, 0) is 10.0 Å². The lowest BCUT2D eigenvalue weighted by Gasteiger charge is -2.56. The Morgan fingerprint density at radius 2 is 1.69 bits per heavy atom. The summed E-state index contributed by atoms with van der Waals surface area (Å²) in [4.78, 5) is 45.0. The van der Waals surface area contributed by atoms with Crippen molar-refractivity contribution < 1.29 is 22.9 Å². The zero-order valence-corrected chi connectivity index (χ0v) is 40.0. The third-order valence-corrected chi connectivity index (χ3v) is 17.6. The maximum atomic E-state index is 14.4. The minimum absolute atomic E-state index is 0.00135. The van der Waals surface area contributed by atoms with Gasteiger partial charge in [-0.05, 0) is 154 Å². The molecule has 1 spiro atoms. The highest BCUT2D eigenvalue weighted by Gasteiger charge is 2.50. The molecule has 5 aromatic rings. The van der Waals surface area contributed by atoms with Crippen molar-refractivity contribution in [3.63, 3.8) is 0 Å². The number of pyridine rings is 2. The average molecular weight is 942 g/mol. The number of sulfonamides is 1. The first-order valence-corrected chi connectivity index (χ1v) is 26.4. The standard InChI is InChI=1S/C52H63N9O6S/c1-51(2)17-14-34(15-18-51)32-54-48-45(61(63)64)29-39(33-55-48)68(65,66)57-49(62)42-13-12-37(28-44(42)60-23-6-26-67-50-46(60)27-36-16-21-53-47(36)56-50)58-24-19-52(20-25-58)30-38(31-52)59-22-5-9-43(59)41-8-4-3-7-40(41)35-10-11-35/h3-4,7-8,12-13,16,21,27-29,33-35,38,43H,5-6,9-11,14-15,17-20,22-26,30-32H2,1-2H3,(H,53,56)(H,54,55)(H,57,62)/t43-/m0/s1. The number of fused-ring (bicyclic) bond motifs is 2. The number of carbonyl (C=O) groups excluding carboxylic acids is 1. The first kappa shape index (κ1) is 44.7. The van der Waals surface area contributed by atoms with Gasteiger partial charge >= 0.3 is 5.69 Å². The number of likely N-dealkylation sites (tertiary alicyclic amines) is 1. The van der Waals surface area contributed by atoms with Gasteiger partial charge in [-0.2, -0.15) is 4.98 Å². The van der Waals surface area contributed by atoms with E-state index in [1.165, 1.54) is 45.1 Å². The number of amides is 1. The van der Waals surface area contributed by atoms with E-state index in [0.29, 0.717) is 72.4 Å². The molecular formula is C52H63N9O6S. The van der Waals surface area contributed by atoms with E-state index in [-0.39, 0.29) is 16.8 Å². The van der Waals surface area contributed by atoms with Crippen molar-refractivity contribution in [2.75, 3.05) is 54.4 Å². The summed E-state index contributed by atoms with van der Waals surface area (Å²) in [6.45, 7) is 8.82. The second-order valence-corrected chi connectivity index (χ2v) is 23.0. The van der Waals surface area contributed by atoms with E-state index in [1.807, 2.05) is 35.4 Å². The van der Waals surface area contributed by atoms with E-state index in [1.54, 1.807) is 17.2 Å². The van der Waals surface area contributed by atoms with Crippen LogP contribution in [0.2, 0.25) is 0 Å². The van der Waals surface area contributed by atoms with Gasteiger partial charge in [0.2, 0.25) is 11.7 Å². The van der Waals surface area contributed by atoms with Crippen LogP contribution in [0.3, 0.4) is 0 Å². The number of aromatic nitrogens is 3. The Labute approximate surface area is 398 Å². The van der Waals surface area contributed by atoms with Gasteiger partial charge in [0.05, 0.1) is 29.0 Å². The molecule has 0 radical (unpaired) electrons. The number of rotatable bonds is 12. The SMILES string of the molecule is CC1(C)CCC(CNc2ncc(S(=O)(=O)NC(=O)c3ccc(N4CCC5(CC4)CC(N4CCC[C@H]4c4ccccc4C4CC4)C5)cc3N3CCCOc4nc5[nH]ccc5cc43)cc2[N+](=O)[O-])CC1. The Balaban J connectivity index is 0.830. The number of nitrogens with zero attached hydrogens (tertiary/aromatic N) is 6. The van der Waals surface area contributed by atoms with Crippen LogP contribution in [0.4, 0.5) is 28.6 Å². The Morgan fingerprint density at radius 3 is 2.46 bits per heavy atom. The summed E-state index contributed by atoms with van der Waals surface area (Å²) in [7, 11) is -4.61. The van der Waals surface area contributed by atoms with Crippen molar-refractivity contribution in [1.82, 2.24) is 24.6 Å². The van der Waals surface area contributed by atoms with E-state index in [2.05, 4.69) is 67.9 Å². The summed E-state index contributed by atoms with van der Waals surface area (Å²) in [5, 5.41) is 16.3. The zero-order valence-electron chi connectivity index (χ0n) is 39.2. The van der Waals surface area contributed by atoms with E-state index in [0.717, 1.165) is 80.9 Å². The Morgan fingerprint density at radius 1 is 0.912 bits per heavy atom. The number of benzene rings is 2. The monoisotopic (exact) mass is 941 g/mol. The van der Waals surface area contributed by atoms with Gasteiger partial charge in [-0.3, -0.25) is 19.8 Å². The molecule has 3 N–H and O–H groups in total. The highest BCUT2D eigenvalue weighted by molar-refractivity contribution is 7.90. The fraction of sp³-hybridized carbons (Fsp3) is 0.519. The van der Waals surface area contributed by atoms with Gasteiger partial charge in [0.1, 0.15) is 16.2 Å². The van der Waals surface area contributed by atoms with Crippen LogP contribution in [0, 0.1) is 26.9 Å². The van der Waals surface area contributed by atoms with Gasteiger partial charge in [-0.15, -0.1) is 0 Å². The smallest absolute Gasteiger partial charge is 0.312 e. The number of aromatic amines is 1. The Bertz CT molecular complexity index is 2840. The molecule has 358 valence electrons. The van der Waals surface area contributed by atoms with Gasteiger partial charge in [-0.25, -0.2) is 18.1 Å². The van der Waals surface area contributed by atoms with Crippen molar-refractivity contribution in [2.45, 2.75) is 120 Å². The van der Waals surface area contributed by atoms with Gasteiger partial charge in [0.25, 0.3) is 15.9 Å². The molecule has 6 heterocycles. The molecule has 68 heavy (non-hydrogen) atoms. The van der Waals surface area contributed by atoms with Crippen LogP contribution < -0.4 is 24.6 Å². The third-order valence-electron chi connectivity index (χ3n) is 16.3. The van der Waals surface area contributed by atoms with Crippen LogP contribution in [0.25, 0.3) is 11.0 Å². The Kier molecular flexibility index (Phi) is 11.6. The number of nitrogens with one attached hydrogen (secondary N) is 3. The van der Waals surface area contributed by atoms with Crippen molar-refractivity contribution in [3.05, 3.63) is 99.9 Å². The molecule has 0 bridgehead atoms. The molecule has 3 aliphatic carbocycles. The van der Waals surface area contributed by atoms with Crippen molar-refractivity contribution in [2.24, 2.45) is 16.7 Å². The zero-order chi connectivity index (χ0) is 46.8. The number of hydrogen-bond acceptors (Lipinski definition) is 12. The van der Waals surface area contributed by atoms with Crippen LogP contribution in [0.15, 0.2) is 78.0 Å². The largest absolute Gasteiger partial charge is 0.476 e. The predicted octanol–water partition coefficient (Wildman–Crippen LogP) is 10.00. The maximum Gasteiger partial charge on any atom is 0.312 e. The topological polar surface area (TPSA) is 179 Å². The minimum Gasteiger partial charge on any atom is -0.476 e. The van der Waals surface area contributed by atoms with Crippen molar-refractivity contribution in [3.8, 4) is 5.88 Å². The lowest BCUT2D eigenvalue weighted by Crippen LogP contribution is -2.55. The number of piperidine rings is 1. The lowest BCUT2D eigenvalue weighted by molar-refractivity contribution is -0.384. The molecule has 3 saturated carbocycles. The summed E-state index contributed by atoms with van der Waals surface area (Å²) in [5.74, 6) is 0.627. The molecule has 11 rings (SSSR count). The highest BCUT2D eigenvalue weighted by atomic mass is 32.2. The normalized spacial score (nSPS) is 22.1. The maximum absolute atomic E-state index is 14.4. The molecule has 0 unspecified atom stereocenters. The summed E-state index contributed by atoms with van der Waals surface area (Å²) >= 11 is 0. The fourth-order valence-electron chi connectivity index (χ4n) is 12.1. The van der Waals surface area contributed by atoms with Gasteiger partial charge in [0.15, 0.2) is 0 Å². The van der Waals surface area contributed by atoms with Gasteiger partial charge < -0.3 is 24.8 Å². The molecule has 2 saturated heterocycles. The molecule has 1 atom stereocenters. The second kappa shape index (κ2) is 17.7. The molecule has 3 aliphatic heterocycles. The molecule has 5 fully saturated rings. The van der Waals surface area contributed by atoms with Gasteiger partial charge in [0, 0.05) is 61.6 Å². The summed E-state index contributed by atoms with van der Waals surface area (Å²) in [6, 6.07) is 20.8. The number of carbonyl (C=O) groups is 1. The summed E-state index contributed by atoms with van der Waals surface area (Å²) in [5.41, 5.74) is 6.22. The van der Waals surface area contributed by atoms with Crippen LogP contribution in [0.1, 0.15) is 131 Å². The first-order chi connectivity index (χ1) is 32.8. The molecule has 3 aromatic heterocycles. The second-order valence-electron chi connectivity index (χ2n) is 21.4. The molecule has 16 heteroatoms. The van der Waals surface area contributed by atoms with Crippen LogP contribution in [-0.4, -0.2) is 84.5 Å².